The molecule has 102 valence electrons. The molecule has 0 radical (unpaired) electrons. The summed E-state index contributed by atoms with van der Waals surface area (Å²) in [7, 11) is -3.65. The van der Waals surface area contributed by atoms with Crippen LogP contribution in [0.1, 0.15) is 34.1 Å². The summed E-state index contributed by atoms with van der Waals surface area (Å²) < 4.78 is 30.6. The highest BCUT2D eigenvalue weighted by Crippen LogP contribution is 2.11. The van der Waals surface area contributed by atoms with Gasteiger partial charge in [-0.2, -0.15) is 4.72 Å². The van der Waals surface area contributed by atoms with Crippen LogP contribution in [0.25, 0.3) is 0 Å². The highest BCUT2D eigenvalue weighted by Gasteiger charge is 2.35. The lowest BCUT2D eigenvalue weighted by molar-refractivity contribution is -0.143. The van der Waals surface area contributed by atoms with Crippen LogP contribution in [0.4, 0.5) is 0 Å². The zero-order chi connectivity index (χ0) is 13.7. The normalized spacial score (nSPS) is 15.8. The van der Waals surface area contributed by atoms with Gasteiger partial charge in [0.2, 0.25) is 10.0 Å². The fraction of sp³-hybridized carbons (Fsp3) is 0.900. The first-order valence-corrected chi connectivity index (χ1v) is 7.15. The summed E-state index contributed by atoms with van der Waals surface area (Å²) >= 11 is 0. The molecule has 0 spiro atoms. The van der Waals surface area contributed by atoms with E-state index in [1.54, 1.807) is 20.8 Å². The van der Waals surface area contributed by atoms with Crippen LogP contribution in [0.3, 0.4) is 0 Å². The maximum atomic E-state index is 11.6. The molecular weight excluding hydrogens is 246 g/mol. The number of nitrogens with one attached hydrogen (secondary N) is 1. The summed E-state index contributed by atoms with van der Waals surface area (Å²) in [5.74, 6) is -1.43. The predicted octanol–water partition coefficient (Wildman–Crippen LogP) is 0.584. The number of hydrogen-bond donors (Lipinski definition) is 2. The first kappa shape index (κ1) is 16.3. The van der Waals surface area contributed by atoms with E-state index in [2.05, 4.69) is 4.72 Å². The van der Waals surface area contributed by atoms with Gasteiger partial charge in [-0.15, -0.1) is 0 Å². The summed E-state index contributed by atoms with van der Waals surface area (Å²) in [4.78, 5) is 11.0. The van der Waals surface area contributed by atoms with E-state index in [4.69, 9.17) is 9.84 Å². The van der Waals surface area contributed by atoms with Gasteiger partial charge in [-0.1, -0.05) is 6.92 Å². The van der Waals surface area contributed by atoms with Gasteiger partial charge in [-0.05, 0) is 27.2 Å². The van der Waals surface area contributed by atoms with Gasteiger partial charge in [0.15, 0.2) is 0 Å². The van der Waals surface area contributed by atoms with Crippen molar-refractivity contribution >= 4 is 16.0 Å². The van der Waals surface area contributed by atoms with Crippen LogP contribution in [0.15, 0.2) is 0 Å². The fourth-order valence-corrected chi connectivity index (χ4v) is 2.39. The molecule has 1 atom stereocenters. The largest absolute Gasteiger partial charge is 0.480 e. The zero-order valence-corrected chi connectivity index (χ0v) is 11.5. The van der Waals surface area contributed by atoms with Crippen molar-refractivity contribution in [3.8, 4) is 0 Å². The van der Waals surface area contributed by atoms with Crippen LogP contribution in [0.2, 0.25) is 0 Å². The van der Waals surface area contributed by atoms with Gasteiger partial charge in [-0.3, -0.25) is 4.79 Å². The third kappa shape index (κ3) is 5.99. The van der Waals surface area contributed by atoms with Crippen LogP contribution in [-0.2, 0) is 19.6 Å². The second-order valence-corrected chi connectivity index (χ2v) is 6.17. The van der Waals surface area contributed by atoms with E-state index < -0.39 is 21.5 Å². The van der Waals surface area contributed by atoms with Crippen LogP contribution in [-0.4, -0.2) is 43.5 Å². The Bertz CT molecular complexity index is 352. The van der Waals surface area contributed by atoms with E-state index in [0.717, 1.165) is 0 Å². The van der Waals surface area contributed by atoms with Gasteiger partial charge in [-0.25, -0.2) is 8.42 Å². The number of carbonyl (C=O) groups is 1. The van der Waals surface area contributed by atoms with E-state index >= 15 is 0 Å². The minimum atomic E-state index is -3.65. The van der Waals surface area contributed by atoms with Crippen molar-refractivity contribution in [1.29, 1.82) is 0 Å². The number of carboxylic acid groups (broad SMARTS) is 1. The van der Waals surface area contributed by atoms with Crippen molar-refractivity contribution in [1.82, 2.24) is 4.72 Å². The highest BCUT2D eigenvalue weighted by atomic mass is 32.2. The summed E-state index contributed by atoms with van der Waals surface area (Å²) in [6.45, 7) is 6.60. The monoisotopic (exact) mass is 267 g/mol. The standard InChI is InChI=1S/C10H21NO5S/c1-5-10(4,9(12)13)11-17(14,15)7-6-16-8(2)3/h8,11H,5-7H2,1-4H3,(H,12,13). The van der Waals surface area contributed by atoms with E-state index in [1.807, 2.05) is 0 Å². The molecule has 0 aliphatic rings. The lowest BCUT2D eigenvalue weighted by Crippen LogP contribution is -2.52. The first-order chi connectivity index (χ1) is 7.63. The third-order valence-corrected chi connectivity index (χ3v) is 3.83. The molecule has 1 unspecified atom stereocenters. The second kappa shape index (κ2) is 6.32. The van der Waals surface area contributed by atoms with E-state index in [0.29, 0.717) is 0 Å². The number of aliphatic carboxylic acids is 1. The van der Waals surface area contributed by atoms with Crippen LogP contribution in [0.5, 0.6) is 0 Å². The maximum Gasteiger partial charge on any atom is 0.324 e. The molecule has 0 saturated heterocycles. The summed E-state index contributed by atoms with van der Waals surface area (Å²) in [6, 6.07) is 0. The van der Waals surface area contributed by atoms with E-state index in [1.165, 1.54) is 6.92 Å². The Morgan fingerprint density at radius 2 is 2.00 bits per heavy atom. The van der Waals surface area contributed by atoms with Crippen molar-refractivity contribution in [2.75, 3.05) is 12.4 Å². The zero-order valence-electron chi connectivity index (χ0n) is 10.7. The number of sulfonamides is 1. The molecule has 0 aliphatic carbocycles. The molecule has 0 amide bonds. The number of hydrogen-bond acceptors (Lipinski definition) is 4. The Kier molecular flexibility index (Phi) is 6.08. The molecule has 0 aromatic heterocycles. The summed E-state index contributed by atoms with van der Waals surface area (Å²) in [5, 5.41) is 8.95. The Balaban J connectivity index is 4.48. The Labute approximate surface area is 102 Å². The lowest BCUT2D eigenvalue weighted by Gasteiger charge is -2.24. The molecule has 6 nitrogen and oxygen atoms in total. The molecule has 0 rings (SSSR count). The first-order valence-electron chi connectivity index (χ1n) is 5.49. The van der Waals surface area contributed by atoms with Crippen molar-refractivity contribution in [2.45, 2.75) is 45.8 Å². The van der Waals surface area contributed by atoms with Gasteiger partial charge in [0.05, 0.1) is 18.5 Å². The second-order valence-electron chi connectivity index (χ2n) is 4.33. The molecule has 0 saturated carbocycles. The Hall–Kier alpha value is -0.660. The number of carboxylic acids is 1. The third-order valence-electron chi connectivity index (χ3n) is 2.36. The van der Waals surface area contributed by atoms with Gasteiger partial charge < -0.3 is 9.84 Å². The van der Waals surface area contributed by atoms with E-state index in [9.17, 15) is 13.2 Å². The Morgan fingerprint density at radius 3 is 2.35 bits per heavy atom. The topological polar surface area (TPSA) is 92.7 Å². The molecule has 7 heteroatoms. The summed E-state index contributed by atoms with van der Waals surface area (Å²) in [6.07, 6.45) is 0.120. The minimum Gasteiger partial charge on any atom is -0.480 e. The van der Waals surface area contributed by atoms with Crippen molar-refractivity contribution in [3.63, 3.8) is 0 Å². The van der Waals surface area contributed by atoms with Crippen LogP contribution in [0, 0.1) is 0 Å². The summed E-state index contributed by atoms with van der Waals surface area (Å²) in [5.41, 5.74) is -1.46. The lowest BCUT2D eigenvalue weighted by atomic mass is 10.0. The van der Waals surface area contributed by atoms with Gasteiger partial charge in [0, 0.05) is 0 Å². The number of rotatable bonds is 8. The van der Waals surface area contributed by atoms with Crippen molar-refractivity contribution in [2.24, 2.45) is 0 Å². The molecule has 2 N–H and O–H groups in total. The van der Waals surface area contributed by atoms with Gasteiger partial charge >= 0.3 is 5.97 Å². The maximum absolute atomic E-state index is 11.6. The van der Waals surface area contributed by atoms with Crippen molar-refractivity contribution in [3.05, 3.63) is 0 Å². The Morgan fingerprint density at radius 1 is 1.47 bits per heavy atom. The fourth-order valence-electron chi connectivity index (χ4n) is 1.05. The average Bonchev–Trinajstić information content (AvgIpc) is 2.15. The molecule has 0 bridgehead atoms. The molecule has 0 heterocycles. The SMILES string of the molecule is CCC(C)(NS(=O)(=O)CCOC(C)C)C(=O)O. The molecular formula is C10H21NO5S. The molecule has 0 aliphatic heterocycles. The molecule has 0 aromatic rings. The average molecular weight is 267 g/mol. The molecule has 0 aromatic carbocycles. The quantitative estimate of drug-likeness (QED) is 0.671. The van der Waals surface area contributed by atoms with Gasteiger partial charge in [0.25, 0.3) is 0 Å². The smallest absolute Gasteiger partial charge is 0.324 e. The van der Waals surface area contributed by atoms with Crippen molar-refractivity contribution < 1.29 is 23.1 Å². The van der Waals surface area contributed by atoms with Gasteiger partial charge in [0.1, 0.15) is 5.54 Å². The molecule has 17 heavy (non-hydrogen) atoms. The predicted molar refractivity (Wildman–Crippen MR) is 64.3 cm³/mol. The highest BCUT2D eigenvalue weighted by molar-refractivity contribution is 7.89. The van der Waals surface area contributed by atoms with Crippen LogP contribution < -0.4 is 4.72 Å². The number of ether oxygens (including phenoxy) is 1. The minimum absolute atomic E-state index is 0.0480. The van der Waals surface area contributed by atoms with Crippen LogP contribution >= 0.6 is 0 Å². The van der Waals surface area contributed by atoms with E-state index in [-0.39, 0.29) is 24.9 Å². The molecule has 0 fully saturated rings.